The van der Waals surface area contributed by atoms with E-state index in [1.165, 1.54) is 0 Å². The van der Waals surface area contributed by atoms with Crippen LogP contribution >= 0.6 is 0 Å². The number of rotatable bonds is 3. The molecular formula is C15H20N2O2. The monoisotopic (exact) mass is 260 g/mol. The van der Waals surface area contributed by atoms with Gasteiger partial charge in [-0.25, -0.2) is 0 Å². The number of nitrogens with zero attached hydrogens (tertiary/aromatic N) is 1. The molecule has 2 aliphatic rings. The lowest BCUT2D eigenvalue weighted by Gasteiger charge is -2.32. The Bertz CT molecular complexity index is 463. The molecule has 1 aromatic rings. The molecule has 2 bridgehead atoms. The topological polar surface area (TPSA) is 55.6 Å². The SMILES string of the molecule is NCCc1ccccc1C(=O)N1CC2CCC(C1)O2. The van der Waals surface area contributed by atoms with Crippen LogP contribution in [0, 0.1) is 0 Å². The molecule has 0 saturated carbocycles. The van der Waals surface area contributed by atoms with E-state index in [4.69, 9.17) is 10.5 Å². The van der Waals surface area contributed by atoms with Crippen molar-refractivity contribution in [1.29, 1.82) is 0 Å². The van der Waals surface area contributed by atoms with Gasteiger partial charge in [-0.2, -0.15) is 0 Å². The Morgan fingerprint density at radius 1 is 1.26 bits per heavy atom. The van der Waals surface area contributed by atoms with Gasteiger partial charge in [-0.3, -0.25) is 4.79 Å². The maximum absolute atomic E-state index is 12.6. The molecular weight excluding hydrogens is 240 g/mol. The maximum Gasteiger partial charge on any atom is 0.254 e. The van der Waals surface area contributed by atoms with Crippen LogP contribution in [0.1, 0.15) is 28.8 Å². The first-order valence-corrected chi connectivity index (χ1v) is 7.00. The van der Waals surface area contributed by atoms with E-state index in [-0.39, 0.29) is 18.1 Å². The van der Waals surface area contributed by atoms with Gasteiger partial charge in [-0.1, -0.05) is 18.2 Å². The third-order valence-corrected chi connectivity index (χ3v) is 3.99. The average molecular weight is 260 g/mol. The Morgan fingerprint density at radius 2 is 1.95 bits per heavy atom. The number of hydrogen-bond acceptors (Lipinski definition) is 3. The summed E-state index contributed by atoms with van der Waals surface area (Å²) < 4.78 is 5.78. The van der Waals surface area contributed by atoms with Crippen molar-refractivity contribution in [3.8, 4) is 0 Å². The first-order valence-electron chi connectivity index (χ1n) is 7.00. The molecule has 0 spiro atoms. The molecule has 0 aromatic heterocycles. The van der Waals surface area contributed by atoms with Crippen molar-refractivity contribution in [1.82, 2.24) is 4.90 Å². The summed E-state index contributed by atoms with van der Waals surface area (Å²) >= 11 is 0. The zero-order chi connectivity index (χ0) is 13.2. The fourth-order valence-electron chi connectivity index (χ4n) is 3.05. The highest BCUT2D eigenvalue weighted by molar-refractivity contribution is 5.95. The summed E-state index contributed by atoms with van der Waals surface area (Å²) in [5, 5.41) is 0. The van der Waals surface area contributed by atoms with Gasteiger partial charge < -0.3 is 15.4 Å². The molecule has 2 saturated heterocycles. The quantitative estimate of drug-likeness (QED) is 0.888. The normalized spacial score (nSPS) is 25.6. The number of benzene rings is 1. The fraction of sp³-hybridized carbons (Fsp3) is 0.533. The van der Waals surface area contributed by atoms with Gasteiger partial charge in [0.2, 0.25) is 0 Å². The maximum atomic E-state index is 12.6. The first kappa shape index (κ1) is 12.6. The van der Waals surface area contributed by atoms with Crippen molar-refractivity contribution < 1.29 is 9.53 Å². The zero-order valence-electron chi connectivity index (χ0n) is 11.0. The van der Waals surface area contributed by atoms with Crippen LogP contribution in [0.5, 0.6) is 0 Å². The standard InChI is InChI=1S/C15H20N2O2/c16-8-7-11-3-1-2-4-14(11)15(18)17-9-12-5-6-13(10-17)19-12/h1-4,12-13H,5-10,16H2. The molecule has 2 heterocycles. The highest BCUT2D eigenvalue weighted by atomic mass is 16.5. The lowest BCUT2D eigenvalue weighted by atomic mass is 10.0. The number of nitrogens with two attached hydrogens (primary N) is 1. The Labute approximate surface area is 113 Å². The van der Waals surface area contributed by atoms with Crippen LogP contribution in [0.15, 0.2) is 24.3 Å². The van der Waals surface area contributed by atoms with Crippen molar-refractivity contribution in [3.63, 3.8) is 0 Å². The molecule has 3 rings (SSSR count). The Hall–Kier alpha value is -1.39. The van der Waals surface area contributed by atoms with E-state index in [2.05, 4.69) is 0 Å². The predicted octanol–water partition coefficient (Wildman–Crippen LogP) is 1.19. The summed E-state index contributed by atoms with van der Waals surface area (Å²) in [4.78, 5) is 14.6. The predicted molar refractivity (Wildman–Crippen MR) is 73.0 cm³/mol. The summed E-state index contributed by atoms with van der Waals surface area (Å²) in [6, 6.07) is 7.78. The van der Waals surface area contributed by atoms with Crippen LogP contribution in [0.2, 0.25) is 0 Å². The van der Waals surface area contributed by atoms with E-state index in [0.717, 1.165) is 43.5 Å². The van der Waals surface area contributed by atoms with E-state index in [1.807, 2.05) is 29.2 Å². The average Bonchev–Trinajstić information content (AvgIpc) is 2.78. The van der Waals surface area contributed by atoms with Crippen molar-refractivity contribution in [3.05, 3.63) is 35.4 Å². The molecule has 1 aromatic carbocycles. The summed E-state index contributed by atoms with van der Waals surface area (Å²) in [6.07, 6.45) is 3.39. The fourth-order valence-corrected chi connectivity index (χ4v) is 3.05. The second-order valence-electron chi connectivity index (χ2n) is 5.36. The molecule has 2 aliphatic heterocycles. The van der Waals surface area contributed by atoms with Gasteiger partial charge in [0.05, 0.1) is 12.2 Å². The Balaban J connectivity index is 1.80. The molecule has 2 unspecified atom stereocenters. The van der Waals surface area contributed by atoms with E-state index >= 15 is 0 Å². The van der Waals surface area contributed by atoms with Gasteiger partial charge in [0.1, 0.15) is 0 Å². The van der Waals surface area contributed by atoms with Gasteiger partial charge in [-0.05, 0) is 37.4 Å². The van der Waals surface area contributed by atoms with E-state index in [0.29, 0.717) is 6.54 Å². The minimum atomic E-state index is 0.129. The molecule has 4 nitrogen and oxygen atoms in total. The molecule has 102 valence electrons. The highest BCUT2D eigenvalue weighted by Crippen LogP contribution is 2.27. The molecule has 2 fully saturated rings. The minimum absolute atomic E-state index is 0.129. The number of ether oxygens (including phenoxy) is 1. The van der Waals surface area contributed by atoms with Crippen LogP contribution in [-0.4, -0.2) is 42.6 Å². The number of morpholine rings is 1. The molecule has 0 aliphatic carbocycles. The van der Waals surface area contributed by atoms with Crippen LogP contribution in [0.25, 0.3) is 0 Å². The smallest absolute Gasteiger partial charge is 0.254 e. The van der Waals surface area contributed by atoms with Crippen LogP contribution in [0.4, 0.5) is 0 Å². The van der Waals surface area contributed by atoms with Crippen molar-refractivity contribution in [2.24, 2.45) is 5.73 Å². The molecule has 2 atom stereocenters. The third kappa shape index (κ3) is 2.51. The Kier molecular flexibility index (Phi) is 3.53. The summed E-state index contributed by atoms with van der Waals surface area (Å²) in [7, 11) is 0. The number of fused-ring (bicyclic) bond motifs is 2. The van der Waals surface area contributed by atoms with Crippen molar-refractivity contribution >= 4 is 5.91 Å². The van der Waals surface area contributed by atoms with Gasteiger partial charge in [0.25, 0.3) is 5.91 Å². The lowest BCUT2D eigenvalue weighted by molar-refractivity contribution is -0.0303. The van der Waals surface area contributed by atoms with E-state index in [9.17, 15) is 4.79 Å². The number of hydrogen-bond donors (Lipinski definition) is 1. The second kappa shape index (κ2) is 5.31. The van der Waals surface area contributed by atoms with E-state index < -0.39 is 0 Å². The molecule has 4 heteroatoms. The molecule has 2 N–H and O–H groups in total. The summed E-state index contributed by atoms with van der Waals surface area (Å²) in [5.41, 5.74) is 7.47. The first-order chi connectivity index (χ1) is 9.28. The zero-order valence-corrected chi connectivity index (χ0v) is 11.0. The lowest BCUT2D eigenvalue weighted by Crippen LogP contribution is -2.46. The molecule has 1 amide bonds. The number of likely N-dealkylation sites (tertiary alicyclic amines) is 1. The third-order valence-electron chi connectivity index (χ3n) is 3.99. The number of carbonyl (C=O) groups excluding carboxylic acids is 1. The number of carbonyl (C=O) groups is 1. The largest absolute Gasteiger partial charge is 0.371 e. The minimum Gasteiger partial charge on any atom is -0.371 e. The number of amides is 1. The Morgan fingerprint density at radius 3 is 2.63 bits per heavy atom. The van der Waals surface area contributed by atoms with Gasteiger partial charge >= 0.3 is 0 Å². The highest BCUT2D eigenvalue weighted by Gasteiger charge is 2.36. The van der Waals surface area contributed by atoms with E-state index in [1.54, 1.807) is 0 Å². The molecule has 19 heavy (non-hydrogen) atoms. The molecule has 0 radical (unpaired) electrons. The van der Waals surface area contributed by atoms with Crippen LogP contribution in [0.3, 0.4) is 0 Å². The second-order valence-corrected chi connectivity index (χ2v) is 5.36. The van der Waals surface area contributed by atoms with Crippen LogP contribution < -0.4 is 5.73 Å². The van der Waals surface area contributed by atoms with Crippen molar-refractivity contribution in [2.75, 3.05) is 19.6 Å². The summed E-state index contributed by atoms with van der Waals surface area (Å²) in [5.74, 6) is 0.129. The van der Waals surface area contributed by atoms with Gasteiger partial charge in [0, 0.05) is 18.7 Å². The summed E-state index contributed by atoms with van der Waals surface area (Å²) in [6.45, 7) is 2.03. The van der Waals surface area contributed by atoms with Gasteiger partial charge in [-0.15, -0.1) is 0 Å². The van der Waals surface area contributed by atoms with Gasteiger partial charge in [0.15, 0.2) is 0 Å². The van der Waals surface area contributed by atoms with Crippen molar-refractivity contribution in [2.45, 2.75) is 31.5 Å². The van der Waals surface area contributed by atoms with Crippen LogP contribution in [-0.2, 0) is 11.2 Å².